The number of aromatic amines is 1. The van der Waals surface area contributed by atoms with Crippen molar-refractivity contribution in [1.82, 2.24) is 9.97 Å². The van der Waals surface area contributed by atoms with E-state index in [2.05, 4.69) is 9.97 Å². The zero-order valence-corrected chi connectivity index (χ0v) is 12.0. The predicted molar refractivity (Wildman–Crippen MR) is 71.2 cm³/mol. The van der Waals surface area contributed by atoms with Crippen molar-refractivity contribution >= 4 is 28.6 Å². The molecule has 0 unspecified atom stereocenters. The minimum absolute atomic E-state index is 0.0735. The number of fused-ring (bicyclic) bond motifs is 1. The van der Waals surface area contributed by atoms with Crippen LogP contribution in [-0.2, 0) is 22.1 Å². The van der Waals surface area contributed by atoms with Crippen LogP contribution in [0, 0.1) is 6.92 Å². The van der Waals surface area contributed by atoms with Gasteiger partial charge in [0.15, 0.2) is 0 Å². The molecule has 0 aliphatic rings. The first-order chi connectivity index (χ1) is 9.70. The molecule has 1 aromatic carbocycles. The van der Waals surface area contributed by atoms with Crippen molar-refractivity contribution in [2.45, 2.75) is 26.4 Å². The lowest BCUT2D eigenvalue weighted by Gasteiger charge is -2.15. The average molecular weight is 321 g/mol. The monoisotopic (exact) mass is 320 g/mol. The van der Waals surface area contributed by atoms with Gasteiger partial charge in [0.2, 0.25) is 0 Å². The van der Waals surface area contributed by atoms with Gasteiger partial charge in [-0.3, -0.25) is 4.79 Å². The minimum Gasteiger partial charge on any atom is -0.466 e. The lowest BCUT2D eigenvalue weighted by atomic mass is 10.0. The Balaban J connectivity index is 2.57. The molecule has 4 nitrogen and oxygen atoms in total. The molecule has 21 heavy (non-hydrogen) atoms. The van der Waals surface area contributed by atoms with Gasteiger partial charge in [0.25, 0.3) is 0 Å². The number of carbonyl (C=O) groups is 1. The highest BCUT2D eigenvalue weighted by atomic mass is 35.5. The Morgan fingerprint density at radius 3 is 2.71 bits per heavy atom. The Bertz CT molecular complexity index is 695. The van der Waals surface area contributed by atoms with Crippen LogP contribution in [0.3, 0.4) is 0 Å². The lowest BCUT2D eigenvalue weighted by molar-refractivity contribution is -0.141. The number of benzene rings is 1. The van der Waals surface area contributed by atoms with Gasteiger partial charge in [0.05, 0.1) is 28.2 Å². The number of nitrogens with zero attached hydrogens (tertiary/aromatic N) is 1. The van der Waals surface area contributed by atoms with Gasteiger partial charge in [0, 0.05) is 13.3 Å². The van der Waals surface area contributed by atoms with Crippen LogP contribution >= 0.6 is 11.6 Å². The standard InChI is InChI=1S/C13H12ClF3N2O2/c1-6-18-10-5-9(14)11(13(15,16)17)8(12(10)19-6)3-4-21-7(2)20/h5H,3-4H2,1-2H3,(H,18,19). The van der Waals surface area contributed by atoms with Crippen LogP contribution in [0.15, 0.2) is 6.07 Å². The van der Waals surface area contributed by atoms with Crippen LogP contribution < -0.4 is 0 Å². The molecule has 0 aliphatic heterocycles. The Hall–Kier alpha value is -1.76. The van der Waals surface area contributed by atoms with E-state index in [0.717, 1.165) is 0 Å². The summed E-state index contributed by atoms with van der Waals surface area (Å²) in [4.78, 5) is 17.7. The molecule has 0 saturated carbocycles. The molecule has 0 aliphatic carbocycles. The molecule has 0 saturated heterocycles. The summed E-state index contributed by atoms with van der Waals surface area (Å²) >= 11 is 5.77. The van der Waals surface area contributed by atoms with Crippen molar-refractivity contribution in [2.75, 3.05) is 6.61 Å². The summed E-state index contributed by atoms with van der Waals surface area (Å²) in [7, 11) is 0. The summed E-state index contributed by atoms with van der Waals surface area (Å²) in [6.45, 7) is 2.66. The van der Waals surface area contributed by atoms with E-state index in [1.165, 1.54) is 13.0 Å². The molecule has 1 N–H and O–H groups in total. The number of halogens is 4. The van der Waals surface area contributed by atoms with E-state index in [1.807, 2.05) is 0 Å². The van der Waals surface area contributed by atoms with E-state index in [9.17, 15) is 18.0 Å². The van der Waals surface area contributed by atoms with E-state index < -0.39 is 22.7 Å². The first-order valence-corrected chi connectivity index (χ1v) is 6.46. The molecular formula is C13H12ClF3N2O2. The van der Waals surface area contributed by atoms with E-state index in [-0.39, 0.29) is 24.1 Å². The highest BCUT2D eigenvalue weighted by Crippen LogP contribution is 2.40. The van der Waals surface area contributed by atoms with E-state index in [0.29, 0.717) is 11.3 Å². The van der Waals surface area contributed by atoms with E-state index in [4.69, 9.17) is 16.3 Å². The molecule has 8 heteroatoms. The second-order valence-corrected chi connectivity index (χ2v) is 4.93. The highest BCUT2D eigenvalue weighted by molar-refractivity contribution is 6.32. The quantitative estimate of drug-likeness (QED) is 0.878. The summed E-state index contributed by atoms with van der Waals surface area (Å²) in [5.74, 6) is -0.0748. The topological polar surface area (TPSA) is 55.0 Å². The molecule has 1 heterocycles. The number of nitrogens with one attached hydrogen (secondary N) is 1. The molecule has 1 aromatic heterocycles. The Morgan fingerprint density at radius 1 is 1.48 bits per heavy atom. The molecule has 0 spiro atoms. The SMILES string of the molecule is CC(=O)OCCc1c(C(F)(F)F)c(Cl)cc2[nH]c(C)nc12. The number of alkyl halides is 3. The van der Waals surface area contributed by atoms with Crippen molar-refractivity contribution in [3.8, 4) is 0 Å². The average Bonchev–Trinajstić information content (AvgIpc) is 2.66. The number of esters is 1. The third-order valence-corrected chi connectivity index (χ3v) is 3.19. The molecule has 0 bridgehead atoms. The number of H-pyrrole nitrogens is 1. The fraction of sp³-hybridized carbons (Fsp3) is 0.385. The van der Waals surface area contributed by atoms with Gasteiger partial charge in [-0.1, -0.05) is 11.6 Å². The Kier molecular flexibility index (Phi) is 4.13. The molecule has 2 rings (SSSR count). The normalized spacial score (nSPS) is 11.9. The molecule has 0 radical (unpaired) electrons. The fourth-order valence-electron chi connectivity index (χ4n) is 2.15. The van der Waals surface area contributed by atoms with Crippen LogP contribution in [-0.4, -0.2) is 22.5 Å². The van der Waals surface area contributed by atoms with Gasteiger partial charge >= 0.3 is 12.1 Å². The number of aryl methyl sites for hydroxylation is 1. The number of aromatic nitrogens is 2. The van der Waals surface area contributed by atoms with Gasteiger partial charge in [-0.25, -0.2) is 4.98 Å². The first-order valence-electron chi connectivity index (χ1n) is 6.08. The molecule has 114 valence electrons. The van der Waals surface area contributed by atoms with Gasteiger partial charge in [-0.05, 0) is 18.6 Å². The third kappa shape index (κ3) is 3.29. The largest absolute Gasteiger partial charge is 0.466 e. The predicted octanol–water partition coefficient (Wildman–Crippen LogP) is 3.65. The molecule has 0 fully saturated rings. The molecular weight excluding hydrogens is 309 g/mol. The third-order valence-electron chi connectivity index (χ3n) is 2.89. The summed E-state index contributed by atoms with van der Waals surface area (Å²) < 4.78 is 44.3. The van der Waals surface area contributed by atoms with Crippen LogP contribution in [0.5, 0.6) is 0 Å². The number of imidazole rings is 1. The van der Waals surface area contributed by atoms with Gasteiger partial charge in [-0.15, -0.1) is 0 Å². The Labute approximate surface area is 123 Å². The van der Waals surface area contributed by atoms with Crippen LogP contribution in [0.1, 0.15) is 23.9 Å². The second-order valence-electron chi connectivity index (χ2n) is 4.52. The number of rotatable bonds is 3. The van der Waals surface area contributed by atoms with Crippen LogP contribution in [0.2, 0.25) is 5.02 Å². The maximum atomic E-state index is 13.2. The number of hydrogen-bond donors (Lipinski definition) is 1. The van der Waals surface area contributed by atoms with Crippen molar-refractivity contribution < 1.29 is 22.7 Å². The van der Waals surface area contributed by atoms with E-state index in [1.54, 1.807) is 6.92 Å². The summed E-state index contributed by atoms with van der Waals surface area (Å²) in [5, 5.41) is -0.406. The van der Waals surface area contributed by atoms with Crippen molar-refractivity contribution in [2.24, 2.45) is 0 Å². The van der Waals surface area contributed by atoms with Gasteiger partial charge in [0.1, 0.15) is 5.82 Å². The van der Waals surface area contributed by atoms with Gasteiger partial charge < -0.3 is 9.72 Å². The van der Waals surface area contributed by atoms with Crippen LogP contribution in [0.25, 0.3) is 11.0 Å². The maximum Gasteiger partial charge on any atom is 0.418 e. The fourth-order valence-corrected chi connectivity index (χ4v) is 2.48. The maximum absolute atomic E-state index is 13.2. The lowest BCUT2D eigenvalue weighted by Crippen LogP contribution is -2.13. The number of ether oxygens (including phenoxy) is 1. The first kappa shape index (κ1) is 15.6. The summed E-state index contributed by atoms with van der Waals surface area (Å²) in [6.07, 6.45) is -4.72. The second kappa shape index (κ2) is 5.55. The van der Waals surface area contributed by atoms with Crippen molar-refractivity contribution in [3.05, 3.63) is 28.0 Å². The van der Waals surface area contributed by atoms with E-state index >= 15 is 0 Å². The molecule has 0 amide bonds. The molecule has 2 aromatic rings. The minimum atomic E-state index is -4.61. The Morgan fingerprint density at radius 2 is 2.14 bits per heavy atom. The van der Waals surface area contributed by atoms with Crippen LogP contribution in [0.4, 0.5) is 13.2 Å². The summed E-state index contributed by atoms with van der Waals surface area (Å²) in [6, 6.07) is 1.20. The summed E-state index contributed by atoms with van der Waals surface area (Å²) in [5.41, 5.74) is -0.398. The van der Waals surface area contributed by atoms with Crippen molar-refractivity contribution in [3.63, 3.8) is 0 Å². The zero-order chi connectivity index (χ0) is 15.8. The van der Waals surface area contributed by atoms with Gasteiger partial charge in [-0.2, -0.15) is 13.2 Å². The van der Waals surface area contributed by atoms with Crippen molar-refractivity contribution in [1.29, 1.82) is 0 Å². The number of hydrogen-bond acceptors (Lipinski definition) is 3. The highest BCUT2D eigenvalue weighted by Gasteiger charge is 2.37. The molecule has 0 atom stereocenters. The smallest absolute Gasteiger partial charge is 0.418 e. The zero-order valence-electron chi connectivity index (χ0n) is 11.3. The number of carbonyl (C=O) groups excluding carboxylic acids is 1.